The van der Waals surface area contributed by atoms with Crippen LogP contribution in [0.4, 0.5) is 4.39 Å². The molecule has 118 valence electrons. The normalized spacial score (nSPS) is 11.0. The van der Waals surface area contributed by atoms with Crippen LogP contribution in [0.5, 0.6) is 0 Å². The fourth-order valence-corrected chi connectivity index (χ4v) is 3.66. The van der Waals surface area contributed by atoms with Gasteiger partial charge in [-0.25, -0.2) is 9.37 Å². The van der Waals surface area contributed by atoms with Gasteiger partial charge in [0.25, 0.3) is 5.56 Å². The van der Waals surface area contributed by atoms with E-state index in [1.165, 1.54) is 28.3 Å². The topological polar surface area (TPSA) is 34.9 Å². The number of nitrogens with zero attached hydrogens (tertiary/aromatic N) is 2. The first kappa shape index (κ1) is 14.8. The molecular weight excluding hydrogens is 323 g/mol. The summed E-state index contributed by atoms with van der Waals surface area (Å²) >= 11 is 1.37. The molecule has 0 saturated carbocycles. The second-order valence-corrected chi connectivity index (χ2v) is 6.34. The maximum atomic E-state index is 13.8. The zero-order valence-corrected chi connectivity index (χ0v) is 13.5. The Hall–Kier alpha value is -2.79. The minimum Gasteiger partial charge on any atom is -0.293 e. The number of hydrogen-bond acceptors (Lipinski definition) is 3. The molecule has 0 spiro atoms. The number of fused-ring (bicyclic) bond motifs is 1. The molecule has 2 aromatic carbocycles. The van der Waals surface area contributed by atoms with E-state index in [2.05, 4.69) is 4.98 Å². The Morgan fingerprint density at radius 3 is 2.58 bits per heavy atom. The molecule has 5 heteroatoms. The van der Waals surface area contributed by atoms with E-state index < -0.39 is 0 Å². The molecule has 0 N–H and O–H groups in total. The lowest BCUT2D eigenvalue weighted by Gasteiger charge is -2.06. The summed E-state index contributed by atoms with van der Waals surface area (Å²) < 4.78 is 15.9. The van der Waals surface area contributed by atoms with E-state index in [-0.39, 0.29) is 17.9 Å². The van der Waals surface area contributed by atoms with Crippen molar-refractivity contribution in [2.75, 3.05) is 0 Å². The number of hydrogen-bond donors (Lipinski definition) is 0. The predicted octanol–water partition coefficient (Wildman–Crippen LogP) is 4.31. The van der Waals surface area contributed by atoms with Gasteiger partial charge in [-0.3, -0.25) is 9.36 Å². The van der Waals surface area contributed by atoms with Crippen LogP contribution in [0, 0.1) is 5.82 Å². The van der Waals surface area contributed by atoms with Crippen molar-refractivity contribution < 1.29 is 4.39 Å². The van der Waals surface area contributed by atoms with Crippen LogP contribution < -0.4 is 5.56 Å². The van der Waals surface area contributed by atoms with Crippen LogP contribution >= 0.6 is 11.3 Å². The lowest BCUT2D eigenvalue weighted by molar-refractivity contribution is 0.595. The van der Waals surface area contributed by atoms with Gasteiger partial charge in [0.15, 0.2) is 0 Å². The molecule has 0 aliphatic carbocycles. The SMILES string of the molecule is O=c1c2scc(-c3ccccc3)c2ncn1Cc1ccccc1F. The highest BCUT2D eigenvalue weighted by atomic mass is 32.1. The Morgan fingerprint density at radius 2 is 1.79 bits per heavy atom. The lowest BCUT2D eigenvalue weighted by Crippen LogP contribution is -2.20. The van der Waals surface area contributed by atoms with E-state index in [9.17, 15) is 9.18 Å². The van der Waals surface area contributed by atoms with Gasteiger partial charge in [-0.15, -0.1) is 11.3 Å². The standard InChI is InChI=1S/C19H13FN2OS/c20-16-9-5-4-8-14(16)10-22-12-21-17-15(11-24-18(17)19(22)23)13-6-2-1-3-7-13/h1-9,11-12H,10H2. The summed E-state index contributed by atoms with van der Waals surface area (Å²) in [5, 5.41) is 1.95. The van der Waals surface area contributed by atoms with Gasteiger partial charge in [0.05, 0.1) is 18.4 Å². The molecule has 0 atom stereocenters. The summed E-state index contributed by atoms with van der Waals surface area (Å²) in [7, 11) is 0. The van der Waals surface area contributed by atoms with Gasteiger partial charge in [-0.1, -0.05) is 48.5 Å². The van der Waals surface area contributed by atoms with Crippen LogP contribution in [0.1, 0.15) is 5.56 Å². The van der Waals surface area contributed by atoms with Crippen molar-refractivity contribution in [2.24, 2.45) is 0 Å². The first-order chi connectivity index (χ1) is 11.7. The largest absolute Gasteiger partial charge is 0.293 e. The number of halogens is 1. The number of aromatic nitrogens is 2. The Kier molecular flexibility index (Phi) is 3.70. The molecule has 24 heavy (non-hydrogen) atoms. The van der Waals surface area contributed by atoms with Crippen LogP contribution in [0.15, 0.2) is 71.1 Å². The van der Waals surface area contributed by atoms with Crippen molar-refractivity contribution in [3.8, 4) is 11.1 Å². The second kappa shape index (κ2) is 6.02. The van der Waals surface area contributed by atoms with Crippen LogP contribution in [0.3, 0.4) is 0 Å². The molecule has 0 bridgehead atoms. The summed E-state index contributed by atoms with van der Waals surface area (Å²) in [6.45, 7) is 0.174. The summed E-state index contributed by atoms with van der Waals surface area (Å²) in [6, 6.07) is 16.3. The summed E-state index contributed by atoms with van der Waals surface area (Å²) in [4.78, 5) is 17.2. The molecule has 4 rings (SSSR count). The molecule has 0 unspecified atom stereocenters. The number of benzene rings is 2. The van der Waals surface area contributed by atoms with Gasteiger partial charge in [0.1, 0.15) is 10.5 Å². The number of rotatable bonds is 3. The smallest absolute Gasteiger partial charge is 0.271 e. The second-order valence-electron chi connectivity index (χ2n) is 5.46. The highest BCUT2D eigenvalue weighted by Crippen LogP contribution is 2.30. The monoisotopic (exact) mass is 336 g/mol. The minimum absolute atomic E-state index is 0.143. The third kappa shape index (κ3) is 2.53. The van der Waals surface area contributed by atoms with Crippen molar-refractivity contribution >= 4 is 21.6 Å². The molecular formula is C19H13FN2OS. The molecule has 0 aliphatic rings. The Labute approximate surface area is 141 Å². The van der Waals surface area contributed by atoms with Crippen LogP contribution in [-0.2, 0) is 6.54 Å². The third-order valence-corrected chi connectivity index (χ3v) is 4.89. The van der Waals surface area contributed by atoms with Crippen LogP contribution in [-0.4, -0.2) is 9.55 Å². The van der Waals surface area contributed by atoms with Gasteiger partial charge in [0.2, 0.25) is 0 Å². The van der Waals surface area contributed by atoms with Crippen molar-refractivity contribution in [3.63, 3.8) is 0 Å². The molecule has 2 heterocycles. The van der Waals surface area contributed by atoms with E-state index in [1.54, 1.807) is 18.2 Å². The Balaban J connectivity index is 1.80. The van der Waals surface area contributed by atoms with Gasteiger partial charge in [0, 0.05) is 16.5 Å². The third-order valence-electron chi connectivity index (χ3n) is 3.93. The highest BCUT2D eigenvalue weighted by molar-refractivity contribution is 7.17. The van der Waals surface area contributed by atoms with E-state index in [0.29, 0.717) is 15.8 Å². The molecule has 0 aliphatic heterocycles. The van der Waals surface area contributed by atoms with Gasteiger partial charge >= 0.3 is 0 Å². The first-order valence-electron chi connectivity index (χ1n) is 7.49. The van der Waals surface area contributed by atoms with Crippen molar-refractivity contribution in [1.29, 1.82) is 0 Å². The Morgan fingerprint density at radius 1 is 1.04 bits per heavy atom. The number of thiophene rings is 1. The molecule has 0 saturated heterocycles. The van der Waals surface area contributed by atoms with Gasteiger partial charge in [-0.05, 0) is 11.6 Å². The zero-order valence-electron chi connectivity index (χ0n) is 12.6. The molecule has 0 radical (unpaired) electrons. The minimum atomic E-state index is -0.319. The van der Waals surface area contributed by atoms with Gasteiger partial charge in [-0.2, -0.15) is 0 Å². The average molecular weight is 336 g/mol. The quantitative estimate of drug-likeness (QED) is 0.559. The van der Waals surface area contributed by atoms with E-state index in [4.69, 9.17) is 0 Å². The first-order valence-corrected chi connectivity index (χ1v) is 8.37. The fraction of sp³-hybridized carbons (Fsp3) is 0.0526. The van der Waals surface area contributed by atoms with Gasteiger partial charge < -0.3 is 0 Å². The Bertz CT molecular complexity index is 1070. The maximum absolute atomic E-state index is 13.8. The van der Waals surface area contributed by atoms with Crippen molar-refractivity contribution in [1.82, 2.24) is 9.55 Å². The average Bonchev–Trinajstić information content (AvgIpc) is 3.05. The lowest BCUT2D eigenvalue weighted by atomic mass is 10.1. The van der Waals surface area contributed by atoms with E-state index >= 15 is 0 Å². The van der Waals surface area contributed by atoms with Crippen LogP contribution in [0.25, 0.3) is 21.3 Å². The molecule has 4 aromatic rings. The summed E-state index contributed by atoms with van der Waals surface area (Å²) in [5.41, 5.74) is 3.00. The van der Waals surface area contributed by atoms with Crippen molar-refractivity contribution in [3.05, 3.63) is 88.0 Å². The van der Waals surface area contributed by atoms with E-state index in [1.807, 2.05) is 35.7 Å². The highest BCUT2D eigenvalue weighted by Gasteiger charge is 2.13. The summed E-state index contributed by atoms with van der Waals surface area (Å²) in [5.74, 6) is -0.319. The van der Waals surface area contributed by atoms with Crippen LogP contribution in [0.2, 0.25) is 0 Å². The molecule has 0 fully saturated rings. The molecule has 3 nitrogen and oxygen atoms in total. The van der Waals surface area contributed by atoms with Crippen molar-refractivity contribution in [2.45, 2.75) is 6.54 Å². The zero-order chi connectivity index (χ0) is 16.5. The molecule has 2 aromatic heterocycles. The predicted molar refractivity (Wildman–Crippen MR) is 94.8 cm³/mol. The maximum Gasteiger partial charge on any atom is 0.271 e. The molecule has 0 amide bonds. The summed E-state index contributed by atoms with van der Waals surface area (Å²) in [6.07, 6.45) is 1.50. The fourth-order valence-electron chi connectivity index (χ4n) is 2.69. The van der Waals surface area contributed by atoms with E-state index in [0.717, 1.165) is 11.1 Å².